The van der Waals surface area contributed by atoms with E-state index in [0.29, 0.717) is 0 Å². The van der Waals surface area contributed by atoms with Gasteiger partial charge < -0.3 is 0 Å². The predicted octanol–water partition coefficient (Wildman–Crippen LogP) is 16.8. The zero-order chi connectivity index (χ0) is 91.0. The standard InChI is InChI=1S/C30H23IS2.2C24BF20/c1-4-10-24(11-5-1)31-25-16-18-26(19-17-25)32-27-20-22-30(23-21-27)33(28-12-6-2-7-13-28)29-14-8-3-9-15-29;2*26-5-1(6(27)14(35)21(42)13(5)34)25(2-7(28)15(36)22(43)16(37)8(2)29,3-9(30)17(38)23(44)18(39)10(3)31)4-11(32)19(40)24(45)20(41)12(4)33/h1-23H;;/q+2;2*-1. The molecule has 0 nitrogen and oxygen atoms in total. The summed E-state index contributed by atoms with van der Waals surface area (Å²) >= 11 is 1.72. The molecule has 0 aliphatic heterocycles. The lowest BCUT2D eigenvalue weighted by atomic mass is 9.12. The Morgan fingerprint density at radius 2 is 0.293 bits per heavy atom. The molecule has 0 amide bonds. The van der Waals surface area contributed by atoms with Crippen molar-refractivity contribution in [1.82, 2.24) is 0 Å². The average Bonchev–Trinajstić information content (AvgIpc) is 0.684. The molecular formula is C78H23B2F40IS2. The van der Waals surface area contributed by atoms with Crippen LogP contribution >= 0.6 is 11.8 Å². The summed E-state index contributed by atoms with van der Waals surface area (Å²) in [6.45, 7) is 0. The van der Waals surface area contributed by atoms with Crippen molar-refractivity contribution in [3.05, 3.63) is 379 Å². The van der Waals surface area contributed by atoms with Gasteiger partial charge in [-0.2, -0.15) is 0 Å². The van der Waals surface area contributed by atoms with Gasteiger partial charge in [-0.3, -0.25) is 0 Å². The highest BCUT2D eigenvalue weighted by atomic mass is 127. The highest BCUT2D eigenvalue weighted by Crippen LogP contribution is 2.38. The maximum absolute atomic E-state index is 15.4. The van der Waals surface area contributed by atoms with Crippen LogP contribution in [-0.4, -0.2) is 12.3 Å². The molecule has 0 aromatic heterocycles. The maximum atomic E-state index is 15.4. The summed E-state index contributed by atoms with van der Waals surface area (Å²) in [7, 11) is -0.0976. The van der Waals surface area contributed by atoms with Crippen molar-refractivity contribution >= 4 is 78.7 Å². The quantitative estimate of drug-likeness (QED) is 0.0246. The van der Waals surface area contributed by atoms with E-state index in [0.717, 1.165) is 0 Å². The Labute approximate surface area is 676 Å². The SMILES string of the molecule is Fc1c(F)c(F)c([B-](c2c(F)c(F)c(F)c(F)c2F)(c2c(F)c(F)c(F)c(F)c2F)c2c(F)c(F)c(F)c(F)c2F)c(F)c1F.Fc1c(F)c(F)c([B-](c2c(F)c(F)c(F)c(F)c2F)(c2c(F)c(F)c(F)c(F)c2F)c2c(F)c(F)c(F)c(F)c2F)c(F)c1F.c1ccc([I+]c2ccc(Sc3ccc([S+](c4ccccc4)c4ccccc4)cc3)cc2)cc1. The van der Waals surface area contributed by atoms with E-state index in [1.165, 1.54) is 31.6 Å². The first-order chi connectivity index (χ1) is 57.8. The third-order valence-electron chi connectivity index (χ3n) is 18.4. The van der Waals surface area contributed by atoms with Crippen LogP contribution in [0.15, 0.2) is 164 Å². The third-order valence-corrected chi connectivity index (χ3v) is 24.4. The first kappa shape index (κ1) is 92.3. The Hall–Kier alpha value is -11.4. The van der Waals surface area contributed by atoms with Crippen LogP contribution in [0.1, 0.15) is 0 Å². The fourth-order valence-electron chi connectivity index (χ4n) is 13.2. The van der Waals surface area contributed by atoms with Crippen molar-refractivity contribution < 1.29 is 197 Å². The predicted molar refractivity (Wildman–Crippen MR) is 354 cm³/mol. The van der Waals surface area contributed by atoms with Crippen molar-refractivity contribution in [2.45, 2.75) is 24.5 Å². The van der Waals surface area contributed by atoms with Crippen LogP contribution < -0.4 is 64.9 Å². The Balaban J connectivity index is 0.000000182. The number of benzene rings is 13. The normalized spacial score (nSPS) is 11.7. The molecular weight excluding hydrogens is 1910 g/mol. The summed E-state index contributed by atoms with van der Waals surface area (Å²) in [5.41, 5.74) is -28.7. The van der Waals surface area contributed by atoms with Gasteiger partial charge in [-0.25, -0.2) is 176 Å². The van der Waals surface area contributed by atoms with E-state index in [9.17, 15) is 105 Å². The van der Waals surface area contributed by atoms with Gasteiger partial charge in [0.1, 0.15) is 105 Å². The molecule has 0 aliphatic carbocycles. The molecule has 0 radical (unpaired) electrons. The minimum absolute atomic E-state index is 0.0976. The molecule has 0 heterocycles. The zero-order valence-corrected chi connectivity index (χ0v) is 62.0. The molecule has 0 spiro atoms. The van der Waals surface area contributed by atoms with Gasteiger partial charge in [0.25, 0.3) is 0 Å². The second kappa shape index (κ2) is 35.5. The van der Waals surface area contributed by atoms with Gasteiger partial charge in [0.2, 0.25) is 0 Å². The zero-order valence-electron chi connectivity index (χ0n) is 58.2. The van der Waals surface area contributed by atoms with Gasteiger partial charge >= 0.3 is 21.2 Å². The summed E-state index contributed by atoms with van der Waals surface area (Å²) in [6.07, 6.45) is -14.4. The molecule has 0 saturated heterocycles. The molecule has 0 atom stereocenters. The first-order valence-corrected chi connectivity index (χ1v) is 36.8. The first-order valence-electron chi connectivity index (χ1n) is 32.6. The lowest BCUT2D eigenvalue weighted by Gasteiger charge is -2.44. The molecule has 0 fully saturated rings. The van der Waals surface area contributed by atoms with Crippen LogP contribution in [0.4, 0.5) is 176 Å². The highest BCUT2D eigenvalue weighted by molar-refractivity contribution is 7.99. The highest BCUT2D eigenvalue weighted by Gasteiger charge is 2.55. The molecule has 13 aromatic rings. The van der Waals surface area contributed by atoms with Crippen LogP contribution in [-0.2, 0) is 10.9 Å². The van der Waals surface area contributed by atoms with Crippen molar-refractivity contribution in [3.8, 4) is 0 Å². The molecule has 13 aromatic carbocycles. The maximum Gasteiger partial charge on any atom is 0.357 e. The van der Waals surface area contributed by atoms with Gasteiger partial charge in [0.05, 0.1) is 10.9 Å². The van der Waals surface area contributed by atoms with E-state index < -0.39 is 289 Å². The van der Waals surface area contributed by atoms with Crippen LogP contribution in [0.3, 0.4) is 0 Å². The summed E-state index contributed by atoms with van der Waals surface area (Å²) < 4.78 is 591. The van der Waals surface area contributed by atoms with Crippen LogP contribution in [0.25, 0.3) is 0 Å². The summed E-state index contributed by atoms with van der Waals surface area (Å²) in [4.78, 5) is 6.60. The average molecular weight is 1930 g/mol. The number of halogens is 41. The Kier molecular flexibility index (Phi) is 26.6. The minimum atomic E-state index is -7.22. The van der Waals surface area contributed by atoms with E-state index >= 15 is 70.2 Å². The second-order valence-electron chi connectivity index (χ2n) is 25.0. The summed E-state index contributed by atoms with van der Waals surface area (Å²) in [6, 6.07) is 50.6. The number of hydrogen-bond donors (Lipinski definition) is 0. The van der Waals surface area contributed by atoms with Crippen molar-refractivity contribution in [2.24, 2.45) is 0 Å². The molecule has 13 rings (SSSR count). The molecule has 123 heavy (non-hydrogen) atoms. The van der Waals surface area contributed by atoms with Crippen LogP contribution in [0.5, 0.6) is 0 Å². The lowest BCUT2D eigenvalue weighted by Crippen LogP contribution is -3.61. The molecule has 0 bridgehead atoms. The minimum Gasteiger partial charge on any atom is -0.207 e. The van der Waals surface area contributed by atoms with Gasteiger partial charge in [-0.05, 0) is 84.9 Å². The van der Waals surface area contributed by atoms with Gasteiger partial charge in [-0.15, -0.1) is 43.7 Å². The molecule has 0 unspecified atom stereocenters. The van der Waals surface area contributed by atoms with Crippen molar-refractivity contribution in [3.63, 3.8) is 0 Å². The molecule has 640 valence electrons. The molecule has 45 heteroatoms. The number of hydrogen-bond acceptors (Lipinski definition) is 1. The van der Waals surface area contributed by atoms with Gasteiger partial charge in [0.15, 0.2) is 161 Å². The fraction of sp³-hybridized carbons (Fsp3) is 0. The van der Waals surface area contributed by atoms with E-state index in [4.69, 9.17) is 0 Å². The van der Waals surface area contributed by atoms with E-state index in [1.54, 1.807) is 0 Å². The van der Waals surface area contributed by atoms with E-state index in [2.05, 4.69) is 140 Å². The van der Waals surface area contributed by atoms with Crippen LogP contribution in [0, 0.1) is 240 Å². The topological polar surface area (TPSA) is 0 Å². The van der Waals surface area contributed by atoms with Crippen LogP contribution in [0.2, 0.25) is 0 Å². The van der Waals surface area contributed by atoms with Gasteiger partial charge in [0, 0.05) is 9.79 Å². The molecule has 0 aliphatic rings. The Morgan fingerprint density at radius 1 is 0.154 bits per heavy atom. The largest absolute Gasteiger partial charge is 0.357 e. The van der Waals surface area contributed by atoms with E-state index in [1.807, 2.05) is 11.8 Å². The van der Waals surface area contributed by atoms with Gasteiger partial charge in [-0.1, -0.05) is 66.4 Å². The lowest BCUT2D eigenvalue weighted by molar-refractivity contribution is -0.597. The second-order valence-corrected chi connectivity index (χ2v) is 31.2. The van der Waals surface area contributed by atoms with Crippen molar-refractivity contribution in [1.29, 1.82) is 0 Å². The van der Waals surface area contributed by atoms with Crippen molar-refractivity contribution in [2.75, 3.05) is 0 Å². The smallest absolute Gasteiger partial charge is 0.207 e. The fourth-order valence-corrected chi connectivity index (χ4v) is 18.3. The summed E-state index contributed by atoms with van der Waals surface area (Å²) in [5, 5.41) is 0. The Bertz CT molecular complexity index is 5330. The third kappa shape index (κ3) is 15.2. The van der Waals surface area contributed by atoms with E-state index in [-0.39, 0.29) is 32.1 Å². The monoisotopic (exact) mass is 1930 g/mol. The Morgan fingerprint density at radius 3 is 0.472 bits per heavy atom. The molecule has 0 saturated carbocycles. The molecule has 0 N–H and O–H groups in total. The summed E-state index contributed by atoms with van der Waals surface area (Å²) in [5.74, 6) is -143. The number of rotatable bonds is 15.